The molecule has 1 heterocycles. The Labute approximate surface area is 177 Å². The summed E-state index contributed by atoms with van der Waals surface area (Å²) in [5, 5.41) is 0.770. The van der Waals surface area contributed by atoms with Crippen molar-refractivity contribution in [3.63, 3.8) is 0 Å². The number of benzene rings is 3. The van der Waals surface area contributed by atoms with Gasteiger partial charge in [0.2, 0.25) is 5.91 Å². The molecule has 1 amide bonds. The van der Waals surface area contributed by atoms with Crippen molar-refractivity contribution in [3.8, 4) is 0 Å². The van der Waals surface area contributed by atoms with Crippen molar-refractivity contribution < 1.29 is 9.69 Å². The van der Waals surface area contributed by atoms with Gasteiger partial charge in [0.05, 0.1) is 32.1 Å². The van der Waals surface area contributed by atoms with Gasteiger partial charge in [-0.2, -0.15) is 0 Å². The van der Waals surface area contributed by atoms with E-state index >= 15 is 0 Å². The largest absolute Gasteiger partial charge is 0.331 e. The summed E-state index contributed by atoms with van der Waals surface area (Å²) in [5.74, 6) is -0.0387. The first kappa shape index (κ1) is 19.7. The van der Waals surface area contributed by atoms with E-state index in [1.54, 1.807) is 0 Å². The summed E-state index contributed by atoms with van der Waals surface area (Å²) >= 11 is 5.99. The van der Waals surface area contributed by atoms with Crippen LogP contribution in [0.15, 0.2) is 84.9 Å². The first-order chi connectivity index (χ1) is 14.2. The summed E-state index contributed by atoms with van der Waals surface area (Å²) in [5.41, 5.74) is 3.40. The molecular weight excluding hydrogens is 380 g/mol. The molecule has 0 saturated carbocycles. The van der Waals surface area contributed by atoms with Gasteiger partial charge in [-0.1, -0.05) is 84.4 Å². The second-order valence-corrected chi connectivity index (χ2v) is 8.07. The molecule has 4 heteroatoms. The highest BCUT2D eigenvalue weighted by Crippen LogP contribution is 2.26. The van der Waals surface area contributed by atoms with E-state index < -0.39 is 0 Å². The van der Waals surface area contributed by atoms with E-state index in [-0.39, 0.29) is 11.8 Å². The Balaban J connectivity index is 1.45. The molecule has 3 aromatic rings. The number of amides is 1. The Morgan fingerprint density at radius 2 is 1.34 bits per heavy atom. The molecule has 148 valence electrons. The first-order valence-electron chi connectivity index (χ1n) is 10.2. The Morgan fingerprint density at radius 3 is 1.86 bits per heavy atom. The molecule has 1 fully saturated rings. The van der Waals surface area contributed by atoms with Gasteiger partial charge in [0.1, 0.15) is 6.54 Å². The van der Waals surface area contributed by atoms with Crippen LogP contribution in [0.2, 0.25) is 5.02 Å². The topological polar surface area (TPSA) is 24.8 Å². The van der Waals surface area contributed by atoms with Crippen LogP contribution in [0, 0.1) is 0 Å². The van der Waals surface area contributed by atoms with Gasteiger partial charge in [-0.25, -0.2) is 0 Å². The summed E-state index contributed by atoms with van der Waals surface area (Å²) in [4.78, 5) is 17.0. The van der Waals surface area contributed by atoms with E-state index in [2.05, 4.69) is 36.4 Å². The molecular formula is C25H26ClN2O+. The molecule has 29 heavy (non-hydrogen) atoms. The lowest BCUT2D eigenvalue weighted by Crippen LogP contribution is -3.13. The molecule has 0 radical (unpaired) electrons. The lowest BCUT2D eigenvalue weighted by atomic mass is 9.90. The van der Waals surface area contributed by atoms with Crippen molar-refractivity contribution in [2.45, 2.75) is 12.5 Å². The van der Waals surface area contributed by atoms with Crippen LogP contribution < -0.4 is 4.90 Å². The zero-order valence-corrected chi connectivity index (χ0v) is 17.2. The van der Waals surface area contributed by atoms with E-state index in [4.69, 9.17) is 11.6 Å². The van der Waals surface area contributed by atoms with Crippen molar-refractivity contribution in [2.24, 2.45) is 0 Å². The molecule has 0 atom stereocenters. The molecule has 3 nitrogen and oxygen atoms in total. The quantitative estimate of drug-likeness (QED) is 0.691. The molecule has 0 unspecified atom stereocenters. The fraction of sp³-hybridized carbons (Fsp3) is 0.240. The molecule has 0 spiro atoms. The van der Waals surface area contributed by atoms with Crippen LogP contribution in [0.1, 0.15) is 22.6 Å². The van der Waals surface area contributed by atoms with Crippen LogP contribution in [-0.2, 0) is 11.3 Å². The lowest BCUT2D eigenvalue weighted by Gasteiger charge is -2.34. The van der Waals surface area contributed by atoms with Crippen molar-refractivity contribution in [1.82, 2.24) is 4.90 Å². The molecule has 1 N–H and O–H groups in total. The maximum absolute atomic E-state index is 13.5. The highest BCUT2D eigenvalue weighted by molar-refractivity contribution is 6.30. The summed E-state index contributed by atoms with van der Waals surface area (Å²) in [6, 6.07) is 28.3. The van der Waals surface area contributed by atoms with E-state index in [0.29, 0.717) is 0 Å². The first-order valence-corrected chi connectivity index (χ1v) is 10.6. The Morgan fingerprint density at radius 1 is 0.828 bits per heavy atom. The number of quaternary nitrogens is 1. The van der Waals surface area contributed by atoms with Crippen molar-refractivity contribution >= 4 is 17.5 Å². The summed E-state index contributed by atoms with van der Waals surface area (Å²) < 4.78 is 0. The number of hydrogen-bond acceptors (Lipinski definition) is 1. The average molecular weight is 406 g/mol. The van der Waals surface area contributed by atoms with Crippen molar-refractivity contribution in [1.29, 1.82) is 0 Å². The number of rotatable bonds is 5. The van der Waals surface area contributed by atoms with E-state index in [9.17, 15) is 4.79 Å². The van der Waals surface area contributed by atoms with E-state index in [0.717, 1.165) is 48.9 Å². The van der Waals surface area contributed by atoms with Gasteiger partial charge in [-0.3, -0.25) is 4.79 Å². The molecule has 0 aromatic heterocycles. The highest BCUT2D eigenvalue weighted by atomic mass is 35.5. The van der Waals surface area contributed by atoms with Gasteiger partial charge in [0, 0.05) is 10.6 Å². The number of piperazine rings is 1. The van der Waals surface area contributed by atoms with E-state index in [1.165, 1.54) is 10.5 Å². The summed E-state index contributed by atoms with van der Waals surface area (Å²) in [6.45, 7) is 4.48. The third-order valence-corrected chi connectivity index (χ3v) is 5.91. The number of carbonyl (C=O) groups excluding carboxylic acids is 1. The van der Waals surface area contributed by atoms with Crippen LogP contribution in [0.3, 0.4) is 0 Å². The van der Waals surface area contributed by atoms with Crippen LogP contribution in [-0.4, -0.2) is 37.0 Å². The summed E-state index contributed by atoms with van der Waals surface area (Å²) in [6.07, 6.45) is 0. The molecule has 1 aliphatic rings. The maximum Gasteiger partial charge on any atom is 0.234 e. The fourth-order valence-corrected chi connectivity index (χ4v) is 4.19. The third kappa shape index (κ3) is 4.87. The predicted octanol–water partition coefficient (Wildman–Crippen LogP) is 3.40. The minimum atomic E-state index is -0.241. The molecule has 0 bridgehead atoms. The van der Waals surface area contributed by atoms with E-state index in [1.807, 2.05) is 53.4 Å². The van der Waals surface area contributed by atoms with Crippen molar-refractivity contribution in [2.75, 3.05) is 26.2 Å². The minimum absolute atomic E-state index is 0.202. The Bertz CT molecular complexity index is 881. The zero-order valence-electron chi connectivity index (χ0n) is 16.4. The monoisotopic (exact) mass is 405 g/mol. The lowest BCUT2D eigenvalue weighted by molar-refractivity contribution is -0.917. The van der Waals surface area contributed by atoms with Gasteiger partial charge in [0.25, 0.3) is 0 Å². The fourth-order valence-electron chi connectivity index (χ4n) is 4.06. The van der Waals surface area contributed by atoms with Crippen molar-refractivity contribution in [3.05, 3.63) is 107 Å². The molecule has 0 aliphatic carbocycles. The number of halogens is 1. The Hall–Kier alpha value is -2.62. The number of hydrogen-bond donors (Lipinski definition) is 1. The third-order valence-electron chi connectivity index (χ3n) is 5.66. The molecule has 1 aliphatic heterocycles. The van der Waals surface area contributed by atoms with Gasteiger partial charge in [-0.05, 0) is 23.3 Å². The van der Waals surface area contributed by atoms with Gasteiger partial charge in [-0.15, -0.1) is 0 Å². The minimum Gasteiger partial charge on any atom is -0.331 e. The van der Waals surface area contributed by atoms with Crippen LogP contribution in [0.5, 0.6) is 0 Å². The number of carbonyl (C=O) groups is 1. The predicted molar refractivity (Wildman–Crippen MR) is 117 cm³/mol. The number of nitrogens with one attached hydrogen (secondary N) is 1. The normalized spacial score (nSPS) is 14.9. The molecule has 3 aromatic carbocycles. The summed E-state index contributed by atoms with van der Waals surface area (Å²) in [7, 11) is 0. The zero-order chi connectivity index (χ0) is 20.1. The van der Waals surface area contributed by atoms with Gasteiger partial charge < -0.3 is 9.80 Å². The second kappa shape index (κ2) is 9.25. The van der Waals surface area contributed by atoms with Crippen LogP contribution in [0.4, 0.5) is 0 Å². The van der Waals surface area contributed by atoms with Crippen LogP contribution >= 0.6 is 11.6 Å². The van der Waals surface area contributed by atoms with Gasteiger partial charge >= 0.3 is 0 Å². The van der Waals surface area contributed by atoms with Gasteiger partial charge in [0.15, 0.2) is 0 Å². The SMILES string of the molecule is O=C(C(c1ccccc1)c1ccccc1)N1CC[NH+](Cc2ccc(Cl)cc2)CC1. The standard InChI is InChI=1S/C25H25ClN2O/c26-23-13-11-20(12-14-23)19-27-15-17-28(18-16-27)25(29)24(21-7-3-1-4-8-21)22-9-5-2-6-10-22/h1-14,24H,15-19H2/p+1. The average Bonchev–Trinajstić information content (AvgIpc) is 2.77. The maximum atomic E-state index is 13.5. The molecule has 1 saturated heterocycles. The second-order valence-electron chi connectivity index (χ2n) is 7.63. The van der Waals surface area contributed by atoms with Crippen LogP contribution in [0.25, 0.3) is 0 Å². The smallest absolute Gasteiger partial charge is 0.234 e. The number of nitrogens with zero attached hydrogens (tertiary/aromatic N) is 1. The Kier molecular flexibility index (Phi) is 6.28. The highest BCUT2D eigenvalue weighted by Gasteiger charge is 2.31. The molecule has 4 rings (SSSR count).